The summed E-state index contributed by atoms with van der Waals surface area (Å²) >= 11 is 1.56. The number of nitrogens with zero attached hydrogens (tertiary/aromatic N) is 1. The molecule has 6 nitrogen and oxygen atoms in total. The lowest BCUT2D eigenvalue weighted by Crippen LogP contribution is -2.50. The van der Waals surface area contributed by atoms with Crippen molar-refractivity contribution in [2.45, 2.75) is 44.7 Å². The number of hydrogen-bond acceptors (Lipinski definition) is 4. The number of carbonyl (C=O) groups excluding carboxylic acids is 3. The third-order valence-electron chi connectivity index (χ3n) is 4.61. The van der Waals surface area contributed by atoms with E-state index in [2.05, 4.69) is 24.5 Å². The molecule has 3 amide bonds. The fourth-order valence-electron chi connectivity index (χ4n) is 3.05. The third-order valence-corrected chi connectivity index (χ3v) is 5.62. The molecule has 2 aliphatic rings. The highest BCUT2D eigenvalue weighted by molar-refractivity contribution is 7.99. The van der Waals surface area contributed by atoms with E-state index in [-0.39, 0.29) is 17.7 Å². The Hall–Kier alpha value is -2.02. The van der Waals surface area contributed by atoms with Crippen LogP contribution < -0.4 is 10.6 Å². The van der Waals surface area contributed by atoms with Gasteiger partial charge in [0.05, 0.1) is 5.88 Å². The summed E-state index contributed by atoms with van der Waals surface area (Å²) in [6.45, 7) is 4.24. The molecule has 0 saturated carbocycles. The van der Waals surface area contributed by atoms with E-state index in [1.54, 1.807) is 16.7 Å². The summed E-state index contributed by atoms with van der Waals surface area (Å²) in [7, 11) is 0. The fraction of sp³-hybridized carbons (Fsp3) is 0.500. The summed E-state index contributed by atoms with van der Waals surface area (Å²) in [5.41, 5.74) is 1.94. The van der Waals surface area contributed by atoms with E-state index in [1.807, 2.05) is 24.3 Å². The number of carbonyl (C=O) groups is 3. The first kappa shape index (κ1) is 17.8. The maximum Gasteiger partial charge on any atom is 0.248 e. The molecule has 2 atom stereocenters. The summed E-state index contributed by atoms with van der Waals surface area (Å²) in [5, 5.41) is 5.59. The highest BCUT2D eigenvalue weighted by atomic mass is 32.2. The van der Waals surface area contributed by atoms with Crippen molar-refractivity contribution in [3.8, 4) is 0 Å². The predicted octanol–water partition coefficient (Wildman–Crippen LogP) is 1.93. The molecule has 1 aromatic rings. The Kier molecular flexibility index (Phi) is 5.32. The summed E-state index contributed by atoms with van der Waals surface area (Å²) in [6.07, 6.45) is 0.875. The van der Waals surface area contributed by atoms with Crippen LogP contribution in [0.2, 0.25) is 0 Å². The molecule has 2 N–H and O–H groups in total. The first-order chi connectivity index (χ1) is 12.0. The third kappa shape index (κ3) is 3.98. The number of thioether (sulfide) groups is 1. The van der Waals surface area contributed by atoms with Crippen molar-refractivity contribution in [1.29, 1.82) is 0 Å². The molecule has 1 aromatic carbocycles. The van der Waals surface area contributed by atoms with Crippen molar-refractivity contribution >= 4 is 35.2 Å². The van der Waals surface area contributed by atoms with Gasteiger partial charge in [-0.2, -0.15) is 0 Å². The first-order valence-corrected chi connectivity index (χ1v) is 9.69. The van der Waals surface area contributed by atoms with E-state index in [0.29, 0.717) is 30.4 Å². The lowest BCUT2D eigenvalue weighted by atomic mass is 10.0. The normalized spacial score (nSPS) is 23.0. The Morgan fingerprint density at radius 3 is 2.60 bits per heavy atom. The molecule has 2 aliphatic heterocycles. The van der Waals surface area contributed by atoms with Crippen molar-refractivity contribution in [3.63, 3.8) is 0 Å². The minimum Gasteiger partial charge on any atom is -0.344 e. The van der Waals surface area contributed by atoms with Gasteiger partial charge in [0.1, 0.15) is 12.1 Å². The Bertz CT molecular complexity index is 675. The number of amides is 3. The number of anilines is 1. The lowest BCUT2D eigenvalue weighted by molar-refractivity contribution is -0.138. The Balaban J connectivity index is 1.64. The van der Waals surface area contributed by atoms with Crippen LogP contribution in [-0.2, 0) is 14.4 Å². The Morgan fingerprint density at radius 2 is 2.00 bits per heavy atom. The minimum atomic E-state index is -0.500. The number of rotatable bonds is 4. The van der Waals surface area contributed by atoms with Gasteiger partial charge >= 0.3 is 0 Å². The standard InChI is InChI=1S/C18H23N3O3S/c1-11(2)12-3-5-13(6-4-12)19-17(23)15-9-25-10-21(15)18(24)14-7-8-16(22)20-14/h3-6,11,14-15H,7-10H2,1-2H3,(H,19,23)(H,20,22)/t14-,15-/m0/s1. The van der Waals surface area contributed by atoms with Crippen molar-refractivity contribution in [2.75, 3.05) is 16.9 Å². The van der Waals surface area contributed by atoms with Crippen molar-refractivity contribution in [1.82, 2.24) is 10.2 Å². The summed E-state index contributed by atoms with van der Waals surface area (Å²) in [5.74, 6) is 1.05. The van der Waals surface area contributed by atoms with Crippen LogP contribution >= 0.6 is 11.8 Å². The van der Waals surface area contributed by atoms with Crippen LogP contribution in [0.25, 0.3) is 0 Å². The molecule has 25 heavy (non-hydrogen) atoms. The zero-order valence-electron chi connectivity index (χ0n) is 14.5. The van der Waals surface area contributed by atoms with Gasteiger partial charge in [0, 0.05) is 17.9 Å². The average molecular weight is 361 g/mol. The second-order valence-corrected chi connectivity index (χ2v) is 7.75. The molecule has 3 rings (SSSR count). The molecule has 2 saturated heterocycles. The first-order valence-electron chi connectivity index (χ1n) is 8.54. The SMILES string of the molecule is CC(C)c1ccc(NC(=O)[C@@H]2CSCN2C(=O)[C@@H]2CCC(=O)N2)cc1. The van der Waals surface area contributed by atoms with Gasteiger partial charge in [-0.15, -0.1) is 11.8 Å². The predicted molar refractivity (Wildman–Crippen MR) is 98.3 cm³/mol. The van der Waals surface area contributed by atoms with Crippen LogP contribution in [-0.4, -0.2) is 46.3 Å². The van der Waals surface area contributed by atoms with Crippen LogP contribution in [0.1, 0.15) is 38.2 Å². The minimum absolute atomic E-state index is 0.101. The van der Waals surface area contributed by atoms with Gasteiger partial charge in [-0.25, -0.2) is 0 Å². The van der Waals surface area contributed by atoms with Crippen molar-refractivity contribution in [3.05, 3.63) is 29.8 Å². The van der Waals surface area contributed by atoms with Crippen molar-refractivity contribution < 1.29 is 14.4 Å². The molecule has 0 aliphatic carbocycles. The second kappa shape index (κ2) is 7.47. The highest BCUT2D eigenvalue weighted by Crippen LogP contribution is 2.25. The van der Waals surface area contributed by atoms with Gasteiger partial charge in [0.15, 0.2) is 0 Å². The van der Waals surface area contributed by atoms with Gasteiger partial charge in [0.25, 0.3) is 0 Å². The maximum absolute atomic E-state index is 12.6. The molecule has 2 fully saturated rings. The summed E-state index contributed by atoms with van der Waals surface area (Å²) in [4.78, 5) is 38.1. The molecule has 134 valence electrons. The van der Waals surface area contributed by atoms with Gasteiger partial charge in [0.2, 0.25) is 17.7 Å². The zero-order chi connectivity index (χ0) is 18.0. The van der Waals surface area contributed by atoms with E-state index in [1.165, 1.54) is 5.56 Å². The van der Waals surface area contributed by atoms with E-state index < -0.39 is 12.1 Å². The monoisotopic (exact) mass is 361 g/mol. The Labute approximate surface area is 151 Å². The molecule has 0 bridgehead atoms. The zero-order valence-corrected chi connectivity index (χ0v) is 15.3. The molecule has 0 radical (unpaired) electrons. The number of benzene rings is 1. The molecular formula is C18H23N3O3S. The van der Waals surface area contributed by atoms with Gasteiger partial charge in [-0.1, -0.05) is 26.0 Å². The quantitative estimate of drug-likeness (QED) is 0.859. The van der Waals surface area contributed by atoms with E-state index in [9.17, 15) is 14.4 Å². The van der Waals surface area contributed by atoms with E-state index in [0.717, 1.165) is 5.69 Å². The van der Waals surface area contributed by atoms with Gasteiger partial charge in [-0.3, -0.25) is 14.4 Å². The van der Waals surface area contributed by atoms with Gasteiger partial charge < -0.3 is 15.5 Å². The van der Waals surface area contributed by atoms with Crippen LogP contribution in [0.15, 0.2) is 24.3 Å². The summed E-state index contributed by atoms with van der Waals surface area (Å²) in [6, 6.07) is 6.78. The molecular weight excluding hydrogens is 338 g/mol. The van der Waals surface area contributed by atoms with Gasteiger partial charge in [-0.05, 0) is 30.0 Å². The lowest BCUT2D eigenvalue weighted by Gasteiger charge is -2.25. The van der Waals surface area contributed by atoms with Crippen LogP contribution in [0.4, 0.5) is 5.69 Å². The van der Waals surface area contributed by atoms with Crippen molar-refractivity contribution in [2.24, 2.45) is 0 Å². The Morgan fingerprint density at radius 1 is 1.28 bits per heavy atom. The molecule has 0 unspecified atom stereocenters. The fourth-order valence-corrected chi connectivity index (χ4v) is 4.22. The topological polar surface area (TPSA) is 78.5 Å². The van der Waals surface area contributed by atoms with Crippen LogP contribution in [0.3, 0.4) is 0 Å². The maximum atomic E-state index is 12.6. The molecule has 7 heteroatoms. The molecule has 2 heterocycles. The number of hydrogen-bond donors (Lipinski definition) is 2. The second-order valence-electron chi connectivity index (χ2n) is 6.75. The highest BCUT2D eigenvalue weighted by Gasteiger charge is 2.39. The smallest absolute Gasteiger partial charge is 0.248 e. The number of nitrogens with one attached hydrogen (secondary N) is 2. The largest absolute Gasteiger partial charge is 0.344 e. The van der Waals surface area contributed by atoms with E-state index >= 15 is 0 Å². The average Bonchev–Trinajstić information content (AvgIpc) is 3.23. The van der Waals surface area contributed by atoms with Crippen LogP contribution in [0.5, 0.6) is 0 Å². The van der Waals surface area contributed by atoms with Crippen LogP contribution in [0, 0.1) is 0 Å². The van der Waals surface area contributed by atoms with E-state index in [4.69, 9.17) is 0 Å². The summed E-state index contributed by atoms with van der Waals surface area (Å²) < 4.78 is 0. The molecule has 0 aromatic heterocycles. The molecule has 0 spiro atoms.